The Bertz CT molecular complexity index is 337. The van der Waals surface area contributed by atoms with Gasteiger partial charge in [-0.25, -0.2) is 0 Å². The first-order chi connectivity index (χ1) is 6.95. The van der Waals surface area contributed by atoms with Crippen molar-refractivity contribution >= 4 is 6.08 Å². The summed E-state index contributed by atoms with van der Waals surface area (Å²) in [7, 11) is 0. The standard InChI is InChI=1S/C13H15N/c1-2-6-12(7-3-1)9-10-13-8-4-5-11-14-13/h4-5,8,10-11H,1-3,6-7H2. The molecule has 1 aromatic rings. The van der Waals surface area contributed by atoms with E-state index in [2.05, 4.69) is 10.7 Å². The number of allylic oxidation sites excluding steroid dienone is 1. The Kier molecular flexibility index (Phi) is 3.15. The lowest BCUT2D eigenvalue weighted by Gasteiger charge is -2.10. The number of aromatic nitrogens is 1. The van der Waals surface area contributed by atoms with E-state index in [9.17, 15) is 0 Å². The zero-order valence-corrected chi connectivity index (χ0v) is 8.37. The zero-order valence-electron chi connectivity index (χ0n) is 8.37. The van der Waals surface area contributed by atoms with Gasteiger partial charge in [-0.1, -0.05) is 12.5 Å². The molecule has 1 heterocycles. The fourth-order valence-corrected chi connectivity index (χ4v) is 1.76. The third kappa shape index (κ3) is 2.58. The molecule has 0 aliphatic heterocycles. The summed E-state index contributed by atoms with van der Waals surface area (Å²) >= 11 is 0. The van der Waals surface area contributed by atoms with Crippen LogP contribution in [-0.4, -0.2) is 4.98 Å². The Hall–Kier alpha value is -1.33. The van der Waals surface area contributed by atoms with Crippen molar-refractivity contribution in [1.82, 2.24) is 4.98 Å². The van der Waals surface area contributed by atoms with Crippen LogP contribution in [0.5, 0.6) is 0 Å². The van der Waals surface area contributed by atoms with Gasteiger partial charge in [-0.05, 0) is 43.4 Å². The second-order valence-electron chi connectivity index (χ2n) is 3.71. The average Bonchev–Trinajstić information content (AvgIpc) is 2.29. The lowest BCUT2D eigenvalue weighted by Crippen LogP contribution is -1.91. The molecule has 0 spiro atoms. The van der Waals surface area contributed by atoms with Gasteiger partial charge in [-0.15, -0.1) is 5.73 Å². The highest BCUT2D eigenvalue weighted by molar-refractivity contribution is 5.44. The van der Waals surface area contributed by atoms with E-state index < -0.39 is 0 Å². The van der Waals surface area contributed by atoms with Gasteiger partial charge in [0.25, 0.3) is 0 Å². The normalized spacial score (nSPS) is 16.1. The van der Waals surface area contributed by atoms with Gasteiger partial charge in [0.05, 0.1) is 5.69 Å². The Balaban J connectivity index is 2.11. The minimum absolute atomic E-state index is 1.01. The lowest BCUT2D eigenvalue weighted by molar-refractivity contribution is 0.600. The van der Waals surface area contributed by atoms with Gasteiger partial charge in [-0.3, -0.25) is 4.98 Å². The first-order valence-corrected chi connectivity index (χ1v) is 5.30. The fourth-order valence-electron chi connectivity index (χ4n) is 1.76. The summed E-state index contributed by atoms with van der Waals surface area (Å²) in [5.74, 6) is 0. The van der Waals surface area contributed by atoms with Crippen molar-refractivity contribution in [3.63, 3.8) is 0 Å². The Labute approximate surface area is 85.2 Å². The highest BCUT2D eigenvalue weighted by Crippen LogP contribution is 2.21. The van der Waals surface area contributed by atoms with Crippen LogP contribution in [0.3, 0.4) is 0 Å². The molecule has 1 heteroatoms. The minimum Gasteiger partial charge on any atom is -0.256 e. The monoisotopic (exact) mass is 185 g/mol. The van der Waals surface area contributed by atoms with Crippen LogP contribution in [0.15, 0.2) is 35.7 Å². The molecule has 1 nitrogen and oxygen atoms in total. The van der Waals surface area contributed by atoms with Crippen LogP contribution in [0.1, 0.15) is 37.8 Å². The molecular formula is C13H15N. The summed E-state index contributed by atoms with van der Waals surface area (Å²) in [5, 5.41) is 0. The second-order valence-corrected chi connectivity index (χ2v) is 3.71. The number of rotatable bonds is 1. The first-order valence-electron chi connectivity index (χ1n) is 5.30. The van der Waals surface area contributed by atoms with Gasteiger partial charge in [0.1, 0.15) is 0 Å². The molecular weight excluding hydrogens is 170 g/mol. The summed E-state index contributed by atoms with van der Waals surface area (Å²) < 4.78 is 0. The van der Waals surface area contributed by atoms with Crippen molar-refractivity contribution in [2.75, 3.05) is 0 Å². The number of pyridine rings is 1. The summed E-state index contributed by atoms with van der Waals surface area (Å²) in [5.41, 5.74) is 5.83. The summed E-state index contributed by atoms with van der Waals surface area (Å²) in [6, 6.07) is 5.95. The van der Waals surface area contributed by atoms with E-state index in [0.29, 0.717) is 0 Å². The van der Waals surface area contributed by atoms with E-state index in [0.717, 1.165) is 5.69 Å². The van der Waals surface area contributed by atoms with Crippen molar-refractivity contribution in [1.29, 1.82) is 0 Å². The molecule has 1 aromatic heterocycles. The second kappa shape index (κ2) is 4.78. The van der Waals surface area contributed by atoms with Crippen molar-refractivity contribution in [2.24, 2.45) is 0 Å². The van der Waals surface area contributed by atoms with E-state index in [1.54, 1.807) is 0 Å². The summed E-state index contributed by atoms with van der Waals surface area (Å²) in [6.45, 7) is 0. The van der Waals surface area contributed by atoms with E-state index in [4.69, 9.17) is 0 Å². The van der Waals surface area contributed by atoms with Crippen LogP contribution in [0, 0.1) is 0 Å². The maximum atomic E-state index is 4.23. The third-order valence-corrected chi connectivity index (χ3v) is 2.57. The number of nitrogens with zero attached hydrogens (tertiary/aromatic N) is 1. The molecule has 72 valence electrons. The Morgan fingerprint density at radius 2 is 2.00 bits per heavy atom. The van der Waals surface area contributed by atoms with E-state index in [1.165, 1.54) is 37.7 Å². The van der Waals surface area contributed by atoms with Crippen molar-refractivity contribution in [3.8, 4) is 0 Å². The van der Waals surface area contributed by atoms with Crippen LogP contribution in [-0.2, 0) is 0 Å². The molecule has 0 bridgehead atoms. The molecule has 1 saturated carbocycles. The van der Waals surface area contributed by atoms with Crippen LogP contribution >= 0.6 is 0 Å². The van der Waals surface area contributed by atoms with Crippen LogP contribution in [0.4, 0.5) is 0 Å². The van der Waals surface area contributed by atoms with Gasteiger partial charge in [0, 0.05) is 12.3 Å². The smallest absolute Gasteiger partial charge is 0.0706 e. The summed E-state index contributed by atoms with van der Waals surface area (Å²) in [4.78, 5) is 4.23. The maximum Gasteiger partial charge on any atom is 0.0706 e. The predicted molar refractivity (Wildman–Crippen MR) is 58.8 cm³/mol. The Morgan fingerprint density at radius 1 is 1.14 bits per heavy atom. The van der Waals surface area contributed by atoms with Crippen LogP contribution in [0.2, 0.25) is 0 Å². The molecule has 1 aliphatic rings. The predicted octanol–water partition coefficient (Wildman–Crippen LogP) is 3.58. The molecule has 0 atom stereocenters. The minimum atomic E-state index is 1.01. The van der Waals surface area contributed by atoms with Crippen molar-refractivity contribution < 1.29 is 0 Å². The molecule has 14 heavy (non-hydrogen) atoms. The SMILES string of the molecule is C(=Cc1ccccn1)=C1CCCCC1. The van der Waals surface area contributed by atoms with Crippen LogP contribution in [0.25, 0.3) is 6.08 Å². The largest absolute Gasteiger partial charge is 0.256 e. The summed E-state index contributed by atoms with van der Waals surface area (Å²) in [6.07, 6.45) is 10.3. The molecule has 0 amide bonds. The molecule has 0 radical (unpaired) electrons. The van der Waals surface area contributed by atoms with E-state index in [1.807, 2.05) is 30.5 Å². The molecule has 0 aromatic carbocycles. The van der Waals surface area contributed by atoms with E-state index >= 15 is 0 Å². The number of hydrogen-bond acceptors (Lipinski definition) is 1. The zero-order chi connectivity index (χ0) is 9.64. The molecule has 0 saturated heterocycles. The van der Waals surface area contributed by atoms with Crippen molar-refractivity contribution in [2.45, 2.75) is 32.1 Å². The molecule has 1 aliphatic carbocycles. The quantitative estimate of drug-likeness (QED) is 0.609. The van der Waals surface area contributed by atoms with E-state index in [-0.39, 0.29) is 0 Å². The average molecular weight is 185 g/mol. The fraction of sp³-hybridized carbons (Fsp3) is 0.385. The van der Waals surface area contributed by atoms with Crippen molar-refractivity contribution in [3.05, 3.63) is 41.4 Å². The Morgan fingerprint density at radius 3 is 2.71 bits per heavy atom. The van der Waals surface area contributed by atoms with Gasteiger partial charge in [0.2, 0.25) is 0 Å². The first kappa shape index (κ1) is 9.23. The molecule has 1 fully saturated rings. The topological polar surface area (TPSA) is 12.9 Å². The molecule has 0 N–H and O–H groups in total. The lowest BCUT2D eigenvalue weighted by atomic mass is 9.96. The van der Waals surface area contributed by atoms with Gasteiger partial charge < -0.3 is 0 Å². The van der Waals surface area contributed by atoms with Gasteiger partial charge >= 0.3 is 0 Å². The maximum absolute atomic E-state index is 4.23. The highest BCUT2D eigenvalue weighted by Gasteiger charge is 2.03. The third-order valence-electron chi connectivity index (χ3n) is 2.57. The number of hydrogen-bond donors (Lipinski definition) is 0. The molecule has 2 rings (SSSR count). The van der Waals surface area contributed by atoms with Crippen LogP contribution < -0.4 is 0 Å². The highest BCUT2D eigenvalue weighted by atomic mass is 14.6. The van der Waals surface area contributed by atoms with Gasteiger partial charge in [-0.2, -0.15) is 0 Å². The van der Waals surface area contributed by atoms with Gasteiger partial charge in [0.15, 0.2) is 0 Å². The molecule has 0 unspecified atom stereocenters.